The predicted octanol–water partition coefficient (Wildman–Crippen LogP) is 3.53. The molecule has 0 radical (unpaired) electrons. The Balaban J connectivity index is 1.78. The van der Waals surface area contributed by atoms with Crippen molar-refractivity contribution in [2.45, 2.75) is 4.90 Å². The molecule has 1 N–H and O–H groups in total. The van der Waals surface area contributed by atoms with Gasteiger partial charge < -0.3 is 10.1 Å². The molecule has 0 aliphatic heterocycles. The third-order valence-corrected chi connectivity index (χ3v) is 5.39. The van der Waals surface area contributed by atoms with Crippen LogP contribution in [0, 0.1) is 11.8 Å². The van der Waals surface area contributed by atoms with Crippen LogP contribution in [0.15, 0.2) is 77.7 Å². The Morgan fingerprint density at radius 3 is 2.13 bits per heavy atom. The first-order chi connectivity index (χ1) is 14.8. The van der Waals surface area contributed by atoms with Crippen LogP contribution in [-0.2, 0) is 14.6 Å². The van der Waals surface area contributed by atoms with Crippen LogP contribution in [0.25, 0.3) is 0 Å². The summed E-state index contributed by atoms with van der Waals surface area (Å²) in [6.45, 7) is 0. The van der Waals surface area contributed by atoms with E-state index in [4.69, 9.17) is 4.74 Å². The SMILES string of the molecule is COC(=O)c1cccc(C#Cc2cccc(NC(=O)c3cccc(S(C)(=O)=O)c3)c2)c1. The van der Waals surface area contributed by atoms with E-state index in [0.29, 0.717) is 22.4 Å². The van der Waals surface area contributed by atoms with Crippen molar-refractivity contribution in [3.05, 3.63) is 95.1 Å². The Hall–Kier alpha value is -3.89. The van der Waals surface area contributed by atoms with E-state index in [2.05, 4.69) is 17.2 Å². The molecule has 0 aromatic heterocycles. The van der Waals surface area contributed by atoms with Gasteiger partial charge in [0.1, 0.15) is 0 Å². The first-order valence-electron chi connectivity index (χ1n) is 9.18. The van der Waals surface area contributed by atoms with Crippen molar-refractivity contribution in [2.24, 2.45) is 0 Å². The van der Waals surface area contributed by atoms with E-state index in [1.165, 1.54) is 25.3 Å². The second kappa shape index (κ2) is 9.28. The average Bonchev–Trinajstić information content (AvgIpc) is 2.77. The number of sulfone groups is 1. The molecule has 0 saturated carbocycles. The Morgan fingerprint density at radius 1 is 0.839 bits per heavy atom. The van der Waals surface area contributed by atoms with Crippen molar-refractivity contribution in [3.8, 4) is 11.8 Å². The van der Waals surface area contributed by atoms with Crippen molar-refractivity contribution in [3.63, 3.8) is 0 Å². The maximum Gasteiger partial charge on any atom is 0.337 e. The minimum Gasteiger partial charge on any atom is -0.465 e. The zero-order valence-electron chi connectivity index (χ0n) is 16.9. The van der Waals surface area contributed by atoms with Crippen LogP contribution in [0.2, 0.25) is 0 Å². The third kappa shape index (κ3) is 5.81. The minimum absolute atomic E-state index is 0.0777. The van der Waals surface area contributed by atoms with Gasteiger partial charge in [-0.2, -0.15) is 0 Å². The van der Waals surface area contributed by atoms with E-state index in [9.17, 15) is 18.0 Å². The first-order valence-corrected chi connectivity index (χ1v) is 11.1. The smallest absolute Gasteiger partial charge is 0.337 e. The molecule has 7 heteroatoms. The lowest BCUT2D eigenvalue weighted by Gasteiger charge is -2.07. The number of carbonyl (C=O) groups is 2. The van der Waals surface area contributed by atoms with E-state index < -0.39 is 21.7 Å². The highest BCUT2D eigenvalue weighted by Gasteiger charge is 2.12. The Morgan fingerprint density at radius 2 is 1.45 bits per heavy atom. The molecule has 0 heterocycles. The molecule has 0 unspecified atom stereocenters. The maximum atomic E-state index is 12.5. The van der Waals surface area contributed by atoms with Gasteiger partial charge in [-0.3, -0.25) is 4.79 Å². The van der Waals surface area contributed by atoms with Gasteiger partial charge >= 0.3 is 5.97 Å². The zero-order valence-corrected chi connectivity index (χ0v) is 17.7. The normalized spacial score (nSPS) is 10.5. The highest BCUT2D eigenvalue weighted by Crippen LogP contribution is 2.15. The summed E-state index contributed by atoms with van der Waals surface area (Å²) in [6.07, 6.45) is 1.09. The second-order valence-corrected chi connectivity index (χ2v) is 8.67. The molecule has 1 amide bonds. The van der Waals surface area contributed by atoms with Crippen molar-refractivity contribution in [1.29, 1.82) is 0 Å². The second-order valence-electron chi connectivity index (χ2n) is 6.66. The molecule has 0 aliphatic rings. The molecule has 156 valence electrons. The monoisotopic (exact) mass is 433 g/mol. The van der Waals surface area contributed by atoms with Crippen LogP contribution in [0.1, 0.15) is 31.8 Å². The van der Waals surface area contributed by atoms with Crippen LogP contribution < -0.4 is 5.32 Å². The van der Waals surface area contributed by atoms with Crippen LogP contribution >= 0.6 is 0 Å². The minimum atomic E-state index is -3.41. The molecule has 0 atom stereocenters. The van der Waals surface area contributed by atoms with Gasteiger partial charge in [-0.05, 0) is 54.6 Å². The number of methoxy groups -OCH3 is 1. The number of hydrogen-bond donors (Lipinski definition) is 1. The van der Waals surface area contributed by atoms with E-state index in [0.717, 1.165) is 6.26 Å². The quantitative estimate of drug-likeness (QED) is 0.502. The van der Waals surface area contributed by atoms with Gasteiger partial charge in [-0.15, -0.1) is 0 Å². The van der Waals surface area contributed by atoms with Gasteiger partial charge in [0, 0.05) is 28.6 Å². The molecule has 0 fully saturated rings. The summed E-state index contributed by atoms with van der Waals surface area (Å²) in [4.78, 5) is 24.2. The average molecular weight is 433 g/mol. The molecular formula is C24H19NO5S. The fourth-order valence-electron chi connectivity index (χ4n) is 2.73. The largest absolute Gasteiger partial charge is 0.465 e. The van der Waals surface area contributed by atoms with Gasteiger partial charge in [-0.25, -0.2) is 13.2 Å². The molecule has 3 aromatic carbocycles. The number of benzene rings is 3. The summed E-state index contributed by atoms with van der Waals surface area (Å²) < 4.78 is 28.1. The van der Waals surface area contributed by atoms with Gasteiger partial charge in [0.05, 0.1) is 17.6 Å². The standard InChI is InChI=1S/C24H19NO5S/c1-30-24(27)20-9-3-6-17(14-20)12-13-18-7-4-10-21(15-18)25-23(26)19-8-5-11-22(16-19)31(2,28)29/h3-11,14-16H,1-2H3,(H,25,26). The van der Waals surface area contributed by atoms with E-state index in [-0.39, 0.29) is 10.5 Å². The number of ether oxygens (including phenoxy) is 1. The number of amides is 1. The number of rotatable bonds is 4. The number of anilines is 1. The summed E-state index contributed by atoms with van der Waals surface area (Å²) in [6, 6.07) is 19.6. The van der Waals surface area contributed by atoms with E-state index >= 15 is 0 Å². The summed E-state index contributed by atoms with van der Waals surface area (Å²) in [5.74, 6) is 5.11. The fraction of sp³-hybridized carbons (Fsp3) is 0.0833. The summed E-state index contributed by atoms with van der Waals surface area (Å²) >= 11 is 0. The molecule has 3 rings (SSSR count). The predicted molar refractivity (Wildman–Crippen MR) is 118 cm³/mol. The summed E-state index contributed by atoms with van der Waals surface area (Å²) in [7, 11) is -2.09. The Labute approximate surface area is 180 Å². The Bertz CT molecular complexity index is 1320. The molecule has 0 aliphatic carbocycles. The molecule has 0 spiro atoms. The maximum absolute atomic E-state index is 12.5. The lowest BCUT2D eigenvalue weighted by Crippen LogP contribution is -2.12. The van der Waals surface area contributed by atoms with Crippen molar-refractivity contribution < 1.29 is 22.7 Å². The van der Waals surface area contributed by atoms with Crippen LogP contribution in [-0.4, -0.2) is 33.7 Å². The highest BCUT2D eigenvalue weighted by molar-refractivity contribution is 7.90. The number of esters is 1. The van der Waals surface area contributed by atoms with Crippen molar-refractivity contribution in [1.82, 2.24) is 0 Å². The molecular weight excluding hydrogens is 414 g/mol. The van der Waals surface area contributed by atoms with Gasteiger partial charge in [0.25, 0.3) is 5.91 Å². The van der Waals surface area contributed by atoms with Crippen LogP contribution in [0.5, 0.6) is 0 Å². The van der Waals surface area contributed by atoms with E-state index in [1.54, 1.807) is 54.6 Å². The highest BCUT2D eigenvalue weighted by atomic mass is 32.2. The van der Waals surface area contributed by atoms with E-state index in [1.807, 2.05) is 0 Å². The summed E-state index contributed by atoms with van der Waals surface area (Å²) in [5.41, 5.74) is 2.47. The third-order valence-electron chi connectivity index (χ3n) is 4.28. The lowest BCUT2D eigenvalue weighted by molar-refractivity contribution is 0.0600. The first kappa shape index (κ1) is 21.8. The summed E-state index contributed by atoms with van der Waals surface area (Å²) in [5, 5.41) is 2.74. The molecule has 31 heavy (non-hydrogen) atoms. The van der Waals surface area contributed by atoms with Gasteiger partial charge in [-0.1, -0.05) is 30.0 Å². The van der Waals surface area contributed by atoms with Gasteiger partial charge in [0.15, 0.2) is 9.84 Å². The molecule has 0 bridgehead atoms. The zero-order chi connectivity index (χ0) is 22.4. The molecule has 3 aromatic rings. The van der Waals surface area contributed by atoms with Crippen molar-refractivity contribution in [2.75, 3.05) is 18.7 Å². The van der Waals surface area contributed by atoms with Crippen LogP contribution in [0.3, 0.4) is 0 Å². The molecule has 0 saturated heterocycles. The number of hydrogen-bond acceptors (Lipinski definition) is 5. The lowest BCUT2D eigenvalue weighted by atomic mass is 10.1. The van der Waals surface area contributed by atoms with Gasteiger partial charge in [0.2, 0.25) is 0 Å². The van der Waals surface area contributed by atoms with Crippen LogP contribution in [0.4, 0.5) is 5.69 Å². The van der Waals surface area contributed by atoms with Crippen molar-refractivity contribution >= 4 is 27.4 Å². The molecule has 6 nitrogen and oxygen atoms in total. The number of carbonyl (C=O) groups excluding carboxylic acids is 2. The Kier molecular flexibility index (Phi) is 6.53. The topological polar surface area (TPSA) is 89.5 Å². The number of nitrogens with one attached hydrogen (secondary N) is 1. The fourth-order valence-corrected chi connectivity index (χ4v) is 3.40.